The molecule has 0 bridgehead atoms. The third-order valence-corrected chi connectivity index (χ3v) is 16.1. The van der Waals surface area contributed by atoms with E-state index in [1.54, 1.807) is 39.4 Å². The van der Waals surface area contributed by atoms with E-state index in [2.05, 4.69) is 15.6 Å². The van der Waals surface area contributed by atoms with Gasteiger partial charge in [0.05, 0.1) is 47.9 Å². The summed E-state index contributed by atoms with van der Waals surface area (Å²) in [6.07, 6.45) is 7.06. The number of aromatic nitrogens is 1. The summed E-state index contributed by atoms with van der Waals surface area (Å²) in [7, 11) is 6.42. The van der Waals surface area contributed by atoms with Gasteiger partial charge in [-0.15, -0.1) is 11.3 Å². The minimum absolute atomic E-state index is 0.0200. The van der Waals surface area contributed by atoms with Crippen LogP contribution in [0.4, 0.5) is 0 Å². The summed E-state index contributed by atoms with van der Waals surface area (Å²) >= 11 is 2.87. The molecule has 16 nitrogen and oxygen atoms in total. The molecule has 0 spiro atoms. The van der Waals surface area contributed by atoms with Crippen LogP contribution in [0.1, 0.15) is 123 Å². The van der Waals surface area contributed by atoms with Crippen molar-refractivity contribution in [3.8, 4) is 0 Å². The molecule has 18 heteroatoms. The summed E-state index contributed by atoms with van der Waals surface area (Å²) in [5, 5.41) is 8.61. The fraction of sp³-hybridized carbons (Fsp3) is 0.692. The first-order chi connectivity index (χ1) is 33.3. The second-order valence-electron chi connectivity index (χ2n) is 19.8. The van der Waals surface area contributed by atoms with Gasteiger partial charge < -0.3 is 34.8 Å². The molecule has 70 heavy (non-hydrogen) atoms. The Morgan fingerprint density at radius 2 is 1.61 bits per heavy atom. The van der Waals surface area contributed by atoms with Crippen molar-refractivity contribution in [1.29, 1.82) is 0 Å². The molecule has 1 unspecified atom stereocenters. The normalized spacial score (nSPS) is 19.6. The molecular weight excluding hydrogens is 931 g/mol. The number of benzene rings is 1. The number of thiazole rings is 1. The largest absolute Gasteiger partial charge is 0.379 e. The van der Waals surface area contributed by atoms with Crippen LogP contribution in [0.5, 0.6) is 0 Å². The maximum atomic E-state index is 14.7. The first-order valence-electron chi connectivity index (χ1n) is 25.1. The summed E-state index contributed by atoms with van der Waals surface area (Å²) in [6.45, 7) is 14.1. The molecule has 10 atom stereocenters. The zero-order valence-corrected chi connectivity index (χ0v) is 45.3. The lowest BCUT2D eigenvalue weighted by atomic mass is 9.89. The molecule has 0 aliphatic carbocycles. The van der Waals surface area contributed by atoms with E-state index >= 15 is 0 Å². The molecule has 3 heterocycles. The van der Waals surface area contributed by atoms with Gasteiger partial charge in [-0.05, 0) is 61.7 Å². The number of ether oxygens (including phenoxy) is 2. The van der Waals surface area contributed by atoms with Gasteiger partial charge in [0.25, 0.3) is 0 Å². The zero-order chi connectivity index (χ0) is 51.8. The zero-order valence-electron chi connectivity index (χ0n) is 43.7. The Morgan fingerprint density at radius 1 is 0.914 bits per heavy atom. The Balaban J connectivity index is 1.41. The monoisotopic (exact) mass is 1010 g/mol. The predicted molar refractivity (Wildman–Crippen MR) is 275 cm³/mol. The Hall–Kier alpha value is -4.39. The van der Waals surface area contributed by atoms with Crippen molar-refractivity contribution in [2.75, 3.05) is 47.7 Å². The summed E-state index contributed by atoms with van der Waals surface area (Å²) in [5.41, 5.74) is 1.07. The molecule has 2 aliphatic rings. The molecular formula is C52H81N7O9S2. The topological polar surface area (TPSA) is 188 Å². The van der Waals surface area contributed by atoms with Crippen LogP contribution >= 0.6 is 23.1 Å². The van der Waals surface area contributed by atoms with Crippen LogP contribution in [0.3, 0.4) is 0 Å². The van der Waals surface area contributed by atoms with E-state index in [9.17, 15) is 33.6 Å². The second kappa shape index (κ2) is 28.0. The Bertz CT molecular complexity index is 2020. The van der Waals surface area contributed by atoms with Crippen molar-refractivity contribution in [2.45, 2.75) is 160 Å². The average Bonchev–Trinajstić information content (AvgIpc) is 4.12. The molecule has 2 saturated heterocycles. The van der Waals surface area contributed by atoms with Crippen LogP contribution in [0.15, 0.2) is 41.9 Å². The highest BCUT2D eigenvalue weighted by Crippen LogP contribution is 2.31. The van der Waals surface area contributed by atoms with Crippen LogP contribution < -0.4 is 10.6 Å². The molecule has 2 aliphatic heterocycles. The van der Waals surface area contributed by atoms with Gasteiger partial charge in [0.1, 0.15) is 17.1 Å². The molecule has 2 aromatic rings. The predicted octanol–water partition coefficient (Wildman–Crippen LogP) is 6.14. The number of hydrogen-bond acceptors (Lipinski definition) is 12. The van der Waals surface area contributed by atoms with Gasteiger partial charge in [0.15, 0.2) is 0 Å². The quantitative estimate of drug-likeness (QED) is 0.0737. The first kappa shape index (κ1) is 58.2. The van der Waals surface area contributed by atoms with Crippen molar-refractivity contribution < 1.29 is 43.0 Å². The molecule has 390 valence electrons. The minimum atomic E-state index is -0.940. The number of nitrogens with zero attached hydrogens (tertiary/aromatic N) is 5. The van der Waals surface area contributed by atoms with Crippen LogP contribution in [0.2, 0.25) is 0 Å². The van der Waals surface area contributed by atoms with Crippen molar-refractivity contribution >= 4 is 64.4 Å². The van der Waals surface area contributed by atoms with Gasteiger partial charge >= 0.3 is 0 Å². The average molecular weight is 1010 g/mol. The fourth-order valence-corrected chi connectivity index (χ4v) is 11.4. The van der Waals surface area contributed by atoms with Gasteiger partial charge in [0, 0.05) is 65.8 Å². The van der Waals surface area contributed by atoms with Gasteiger partial charge in [-0.25, -0.2) is 4.98 Å². The molecule has 1 aromatic heterocycles. The van der Waals surface area contributed by atoms with Gasteiger partial charge in [-0.2, -0.15) is 11.8 Å². The van der Waals surface area contributed by atoms with E-state index < -0.39 is 42.2 Å². The lowest BCUT2D eigenvalue weighted by molar-refractivity contribution is -0.148. The molecule has 0 radical (unpaired) electrons. The Morgan fingerprint density at radius 3 is 2.19 bits per heavy atom. The minimum Gasteiger partial charge on any atom is -0.379 e. The molecule has 2 N–H and O–H groups in total. The second-order valence-corrected chi connectivity index (χ2v) is 21.7. The Kier molecular flexibility index (Phi) is 23.3. The number of carbonyl (C=O) groups excluding carboxylic acids is 7. The number of thioether (sulfide) groups is 1. The van der Waals surface area contributed by atoms with E-state index in [0.717, 1.165) is 17.0 Å². The maximum Gasteiger partial charge on any atom is 0.245 e. The molecule has 2 fully saturated rings. The number of amides is 7. The van der Waals surface area contributed by atoms with Crippen LogP contribution in [0.25, 0.3) is 0 Å². The van der Waals surface area contributed by atoms with E-state index in [-0.39, 0.29) is 89.8 Å². The van der Waals surface area contributed by atoms with Crippen molar-refractivity contribution in [1.82, 2.24) is 35.2 Å². The summed E-state index contributed by atoms with van der Waals surface area (Å²) < 4.78 is 12.2. The lowest BCUT2D eigenvalue weighted by Crippen LogP contribution is -2.60. The van der Waals surface area contributed by atoms with Crippen molar-refractivity contribution in [3.05, 3.63) is 52.5 Å². The summed E-state index contributed by atoms with van der Waals surface area (Å²) in [6, 6.07) is 6.92. The number of rotatable bonds is 28. The number of likely N-dealkylation sites (tertiary alicyclic amines) is 2. The fourth-order valence-electron chi connectivity index (χ4n) is 10.1. The highest BCUT2D eigenvalue weighted by atomic mass is 32.2. The summed E-state index contributed by atoms with van der Waals surface area (Å²) in [5.74, 6) is -2.94. The summed E-state index contributed by atoms with van der Waals surface area (Å²) in [4.78, 5) is 106. The number of carbonyl (C=O) groups is 7. The number of imide groups is 1. The lowest BCUT2D eigenvalue weighted by Gasteiger charge is -2.41. The first-order valence-corrected chi connectivity index (χ1v) is 27.3. The number of likely N-dealkylation sites (N-methyl/N-ethyl adjacent to an activating group) is 2. The third kappa shape index (κ3) is 15.1. The molecule has 0 saturated carbocycles. The van der Waals surface area contributed by atoms with Crippen LogP contribution in [-0.4, -0.2) is 155 Å². The highest BCUT2D eigenvalue weighted by Gasteiger charge is 2.44. The molecule has 1 aromatic carbocycles. The molecule has 7 amide bonds. The van der Waals surface area contributed by atoms with E-state index in [0.29, 0.717) is 51.6 Å². The molecule has 4 rings (SSSR count). The maximum absolute atomic E-state index is 14.7. The van der Waals surface area contributed by atoms with Gasteiger partial charge in [-0.1, -0.05) is 91.6 Å². The van der Waals surface area contributed by atoms with Crippen LogP contribution in [-0.2, 0) is 49.5 Å². The smallest absolute Gasteiger partial charge is 0.245 e. The van der Waals surface area contributed by atoms with Gasteiger partial charge in [-0.3, -0.25) is 38.5 Å². The van der Waals surface area contributed by atoms with E-state index in [1.165, 1.54) is 32.9 Å². The van der Waals surface area contributed by atoms with Crippen molar-refractivity contribution in [2.24, 2.45) is 23.7 Å². The van der Waals surface area contributed by atoms with Crippen LogP contribution in [0, 0.1) is 23.7 Å². The third-order valence-electron chi connectivity index (χ3n) is 14.3. The standard InChI is InChI=1S/C52H81N7O9S2/c1-13-34(6)46(57(9)52(66)44(32(2)3)55-49(64)45(33(4)5)56(8)41(60)24-18-15-19-26-59-43(62)31-40(69-12)51(59)65)39(67-10)30-42(61)58-27-20-23-38(58)47(68-11)35(7)48(63)54-37(50-53-25-28-70-50)29-36-21-16-14-17-22-36/h14,16-17,21-22,25,28,32-35,37-40,44-47H,13,15,18-20,23-24,26-27,29-31H2,1-12H3,(H,54,63)(H,55,64)/t34-,35+,37-,38-,39+,40?,44-,45-,46-,47+/m0/s1. The highest BCUT2D eigenvalue weighted by molar-refractivity contribution is 8.00. The van der Waals surface area contributed by atoms with E-state index in [4.69, 9.17) is 9.47 Å². The number of unbranched alkanes of at least 4 members (excludes halogenated alkanes) is 2. The van der Waals surface area contributed by atoms with E-state index in [1.807, 2.05) is 95.3 Å². The Labute approximate surface area is 425 Å². The van der Waals surface area contributed by atoms with Gasteiger partial charge in [0.2, 0.25) is 41.4 Å². The number of methoxy groups -OCH3 is 2. The number of hydrogen-bond donors (Lipinski definition) is 2. The number of nitrogens with one attached hydrogen (secondary N) is 2. The van der Waals surface area contributed by atoms with Crippen molar-refractivity contribution in [3.63, 3.8) is 0 Å². The SMILES string of the molecule is CC[C@H](C)[C@@H]([C@@H](CC(=O)N1CCC[C@H]1[C@H](OC)[C@@H](C)C(=O)N[C@@H](Cc1ccccc1)c1nccs1)OC)N(C)C(=O)[C@@H](NC(=O)[C@H](C(C)C)N(C)C(=O)CCCCCN1C(=O)CC(SC)C1=O)C(C)C.